The molecule has 19 heavy (non-hydrogen) atoms. The summed E-state index contributed by atoms with van der Waals surface area (Å²) in [6.45, 7) is 0. The molecule has 0 atom stereocenters. The molecular weight excluding hydrogens is 264 g/mol. The fourth-order valence-corrected chi connectivity index (χ4v) is 3.04. The van der Waals surface area contributed by atoms with Gasteiger partial charge in [0.2, 0.25) is 0 Å². The molecule has 0 saturated heterocycles. The van der Waals surface area contributed by atoms with Crippen molar-refractivity contribution in [2.75, 3.05) is 4.90 Å². The van der Waals surface area contributed by atoms with E-state index in [0.29, 0.717) is 11.4 Å². The molecule has 0 unspecified atom stereocenters. The second-order valence-electron chi connectivity index (χ2n) is 3.99. The fraction of sp³-hybridized carbons (Fsp3) is 0. The van der Waals surface area contributed by atoms with E-state index in [2.05, 4.69) is 4.72 Å². The van der Waals surface area contributed by atoms with E-state index < -0.39 is 16.1 Å². The number of rotatable bonds is 1. The fourth-order valence-electron chi connectivity index (χ4n) is 1.98. The highest BCUT2D eigenvalue weighted by Gasteiger charge is 2.36. The SMILES string of the molecule is O=C1[N]S(=O)(=O)c2ccccc2N1c1ccccc1. The van der Waals surface area contributed by atoms with Gasteiger partial charge < -0.3 is 0 Å². The lowest BCUT2D eigenvalue weighted by molar-refractivity contribution is 0.252. The molecule has 1 heterocycles. The van der Waals surface area contributed by atoms with Gasteiger partial charge in [0.15, 0.2) is 0 Å². The van der Waals surface area contributed by atoms with Crippen LogP contribution in [0, 0.1) is 0 Å². The molecule has 3 rings (SSSR count). The molecule has 2 amide bonds. The third kappa shape index (κ3) is 1.86. The molecule has 2 aromatic carbocycles. The molecule has 0 N–H and O–H groups in total. The average Bonchev–Trinajstić information content (AvgIpc) is 2.39. The number of fused-ring (bicyclic) bond motifs is 1. The summed E-state index contributed by atoms with van der Waals surface area (Å²) in [5, 5.41) is 0. The largest absolute Gasteiger partial charge is 0.363 e. The number of benzene rings is 2. The summed E-state index contributed by atoms with van der Waals surface area (Å²) in [6.07, 6.45) is 0. The number of anilines is 2. The van der Waals surface area contributed by atoms with Crippen LogP contribution in [0.15, 0.2) is 59.5 Å². The van der Waals surface area contributed by atoms with E-state index in [9.17, 15) is 13.2 Å². The van der Waals surface area contributed by atoms with Gasteiger partial charge in [-0.05, 0) is 24.3 Å². The van der Waals surface area contributed by atoms with E-state index in [4.69, 9.17) is 0 Å². The molecule has 95 valence electrons. The van der Waals surface area contributed by atoms with Gasteiger partial charge in [-0.15, -0.1) is 4.72 Å². The summed E-state index contributed by atoms with van der Waals surface area (Å²) in [5.41, 5.74) is 0.910. The third-order valence-electron chi connectivity index (χ3n) is 2.79. The zero-order valence-corrected chi connectivity index (χ0v) is 10.5. The molecule has 0 spiro atoms. The first kappa shape index (κ1) is 11.7. The van der Waals surface area contributed by atoms with Crippen LogP contribution in [-0.2, 0) is 10.0 Å². The first-order valence-corrected chi connectivity index (χ1v) is 7.00. The smallest absolute Gasteiger partial charge is 0.259 e. The second-order valence-corrected chi connectivity index (χ2v) is 5.56. The van der Waals surface area contributed by atoms with E-state index in [1.807, 2.05) is 6.07 Å². The van der Waals surface area contributed by atoms with Crippen molar-refractivity contribution in [2.24, 2.45) is 0 Å². The predicted octanol–water partition coefficient (Wildman–Crippen LogP) is 2.25. The maximum atomic E-state index is 12.0. The first-order valence-electron chi connectivity index (χ1n) is 5.56. The third-order valence-corrected chi connectivity index (χ3v) is 4.09. The Kier molecular flexibility index (Phi) is 2.53. The number of hydrogen-bond acceptors (Lipinski definition) is 3. The van der Waals surface area contributed by atoms with Crippen LogP contribution in [0.1, 0.15) is 0 Å². The van der Waals surface area contributed by atoms with E-state index in [0.717, 1.165) is 0 Å². The van der Waals surface area contributed by atoms with Gasteiger partial charge in [0, 0.05) is 0 Å². The number of carbonyl (C=O) groups excluding carboxylic acids is 1. The van der Waals surface area contributed by atoms with Gasteiger partial charge in [0.1, 0.15) is 4.90 Å². The number of para-hydroxylation sites is 2. The van der Waals surface area contributed by atoms with Gasteiger partial charge in [0.05, 0.1) is 11.4 Å². The van der Waals surface area contributed by atoms with Crippen LogP contribution >= 0.6 is 0 Å². The van der Waals surface area contributed by atoms with Gasteiger partial charge in [-0.1, -0.05) is 30.3 Å². The Morgan fingerprint density at radius 1 is 0.895 bits per heavy atom. The number of urea groups is 1. The minimum atomic E-state index is -3.90. The summed E-state index contributed by atoms with van der Waals surface area (Å²) >= 11 is 0. The monoisotopic (exact) mass is 273 g/mol. The number of amides is 2. The van der Waals surface area contributed by atoms with Crippen molar-refractivity contribution in [1.29, 1.82) is 0 Å². The molecule has 0 aliphatic carbocycles. The molecule has 2 aromatic rings. The molecule has 0 saturated carbocycles. The Hall–Kier alpha value is -2.34. The van der Waals surface area contributed by atoms with Crippen molar-refractivity contribution >= 4 is 27.4 Å². The van der Waals surface area contributed by atoms with Gasteiger partial charge in [-0.3, -0.25) is 4.90 Å². The Bertz CT molecular complexity index is 741. The van der Waals surface area contributed by atoms with Crippen LogP contribution in [0.25, 0.3) is 0 Å². The normalized spacial score (nSPS) is 16.6. The van der Waals surface area contributed by atoms with Crippen molar-refractivity contribution < 1.29 is 13.2 Å². The Labute approximate surface area is 110 Å². The lowest BCUT2D eigenvalue weighted by Crippen LogP contribution is -2.40. The molecular formula is C13H9N2O3S. The zero-order valence-electron chi connectivity index (χ0n) is 9.72. The second kappa shape index (κ2) is 4.10. The summed E-state index contributed by atoms with van der Waals surface area (Å²) in [6, 6.07) is 14.3. The number of sulfonamides is 1. The number of hydrogen-bond donors (Lipinski definition) is 0. The van der Waals surface area contributed by atoms with Crippen molar-refractivity contribution in [3.05, 3.63) is 54.6 Å². The highest BCUT2D eigenvalue weighted by Crippen LogP contribution is 2.35. The molecule has 1 radical (unpaired) electrons. The lowest BCUT2D eigenvalue weighted by atomic mass is 10.2. The molecule has 6 heteroatoms. The minimum Gasteiger partial charge on any atom is -0.259 e. The van der Waals surface area contributed by atoms with Crippen LogP contribution in [-0.4, -0.2) is 14.4 Å². The molecule has 1 aliphatic rings. The number of nitrogens with zero attached hydrogens (tertiary/aromatic N) is 2. The van der Waals surface area contributed by atoms with Gasteiger partial charge in [-0.2, -0.15) is 8.42 Å². The lowest BCUT2D eigenvalue weighted by Gasteiger charge is -2.27. The Balaban J connectivity index is 2.25. The van der Waals surface area contributed by atoms with Crippen LogP contribution < -0.4 is 9.62 Å². The topological polar surface area (TPSA) is 68.5 Å². The summed E-state index contributed by atoms with van der Waals surface area (Å²) in [7, 11) is -3.90. The standard InChI is InChI=1S/C13H9N2O3S/c16-13-14-19(17,18)12-9-5-4-8-11(12)15(13)10-6-2-1-3-7-10/h1-9H. The van der Waals surface area contributed by atoms with Crippen molar-refractivity contribution in [3.63, 3.8) is 0 Å². The van der Waals surface area contributed by atoms with Crippen molar-refractivity contribution in [3.8, 4) is 0 Å². The maximum absolute atomic E-state index is 12.0. The van der Waals surface area contributed by atoms with Gasteiger partial charge >= 0.3 is 6.03 Å². The Morgan fingerprint density at radius 2 is 1.53 bits per heavy atom. The first-order chi connectivity index (χ1) is 9.09. The van der Waals surface area contributed by atoms with E-state index >= 15 is 0 Å². The van der Waals surface area contributed by atoms with Crippen LogP contribution in [0.4, 0.5) is 16.2 Å². The molecule has 5 nitrogen and oxygen atoms in total. The zero-order chi connectivity index (χ0) is 13.5. The summed E-state index contributed by atoms with van der Waals surface area (Å²) in [4.78, 5) is 13.3. The number of carbonyl (C=O) groups is 1. The predicted molar refractivity (Wildman–Crippen MR) is 69.7 cm³/mol. The molecule has 0 fully saturated rings. The minimum absolute atomic E-state index is 0.0402. The quantitative estimate of drug-likeness (QED) is 0.800. The maximum Gasteiger partial charge on any atom is 0.363 e. The van der Waals surface area contributed by atoms with Gasteiger partial charge in [-0.25, -0.2) is 4.79 Å². The van der Waals surface area contributed by atoms with E-state index in [-0.39, 0.29) is 4.90 Å². The molecule has 0 bridgehead atoms. The van der Waals surface area contributed by atoms with Crippen LogP contribution in [0.3, 0.4) is 0 Å². The Morgan fingerprint density at radius 3 is 2.26 bits per heavy atom. The molecule has 0 aromatic heterocycles. The average molecular weight is 273 g/mol. The highest BCUT2D eigenvalue weighted by atomic mass is 32.2. The highest BCUT2D eigenvalue weighted by molar-refractivity contribution is 7.90. The summed E-state index contributed by atoms with van der Waals surface area (Å²) < 4.78 is 27.0. The van der Waals surface area contributed by atoms with E-state index in [1.54, 1.807) is 42.5 Å². The van der Waals surface area contributed by atoms with Gasteiger partial charge in [0.25, 0.3) is 10.0 Å². The molecule has 1 aliphatic heterocycles. The van der Waals surface area contributed by atoms with Crippen molar-refractivity contribution in [2.45, 2.75) is 4.90 Å². The summed E-state index contributed by atoms with van der Waals surface area (Å²) in [5.74, 6) is 0. The van der Waals surface area contributed by atoms with E-state index in [1.165, 1.54) is 11.0 Å². The van der Waals surface area contributed by atoms with Crippen LogP contribution in [0.2, 0.25) is 0 Å². The van der Waals surface area contributed by atoms with Crippen LogP contribution in [0.5, 0.6) is 0 Å². The van der Waals surface area contributed by atoms with Crippen molar-refractivity contribution in [1.82, 2.24) is 4.72 Å².